The van der Waals surface area contributed by atoms with Crippen molar-refractivity contribution in [3.63, 3.8) is 0 Å². The summed E-state index contributed by atoms with van der Waals surface area (Å²) in [5.74, 6) is -1.55. The summed E-state index contributed by atoms with van der Waals surface area (Å²) in [6, 6.07) is 12.0. The highest BCUT2D eigenvalue weighted by atomic mass is 16.3. The molecule has 0 aromatic heterocycles. The van der Waals surface area contributed by atoms with Gasteiger partial charge in [-0.3, -0.25) is 20.0 Å². The van der Waals surface area contributed by atoms with E-state index in [1.807, 2.05) is 0 Å². The Morgan fingerprint density at radius 1 is 0.905 bits per heavy atom. The fourth-order valence-corrected chi connectivity index (χ4v) is 1.76. The highest BCUT2D eigenvalue weighted by Crippen LogP contribution is 2.18. The summed E-state index contributed by atoms with van der Waals surface area (Å²) < 4.78 is 0. The number of benzene rings is 2. The minimum Gasteiger partial charge on any atom is -0.507 e. The number of hydrogen-bond acceptors (Lipinski definition) is 4. The van der Waals surface area contributed by atoms with E-state index in [0.717, 1.165) is 5.01 Å². The average Bonchev–Trinajstić information content (AvgIpc) is 2.47. The van der Waals surface area contributed by atoms with Crippen LogP contribution in [0.3, 0.4) is 0 Å². The van der Waals surface area contributed by atoms with Gasteiger partial charge >= 0.3 is 0 Å². The number of aromatic hydroxyl groups is 2. The van der Waals surface area contributed by atoms with Gasteiger partial charge in [0.1, 0.15) is 11.5 Å². The smallest absolute Gasteiger partial charge is 0.275 e. The van der Waals surface area contributed by atoms with Gasteiger partial charge < -0.3 is 10.2 Å². The molecule has 0 aliphatic rings. The van der Waals surface area contributed by atoms with E-state index in [2.05, 4.69) is 5.43 Å². The molecule has 2 aromatic rings. The number of hydrazine groups is 1. The lowest BCUT2D eigenvalue weighted by Gasteiger charge is -2.19. The van der Waals surface area contributed by atoms with Crippen LogP contribution in [0.1, 0.15) is 20.7 Å². The number of para-hydroxylation sites is 2. The van der Waals surface area contributed by atoms with Crippen LogP contribution in [0.4, 0.5) is 0 Å². The van der Waals surface area contributed by atoms with Crippen molar-refractivity contribution in [2.75, 3.05) is 7.05 Å². The van der Waals surface area contributed by atoms with Crippen LogP contribution in [0.25, 0.3) is 0 Å². The summed E-state index contributed by atoms with van der Waals surface area (Å²) in [4.78, 5) is 24.1. The minimum absolute atomic E-state index is 0.0504. The first-order valence-electron chi connectivity index (χ1n) is 6.15. The molecule has 3 N–H and O–H groups in total. The van der Waals surface area contributed by atoms with E-state index in [9.17, 15) is 19.8 Å². The summed E-state index contributed by atoms with van der Waals surface area (Å²) in [5.41, 5.74) is 2.45. The molecule has 6 nitrogen and oxygen atoms in total. The average molecular weight is 286 g/mol. The van der Waals surface area contributed by atoms with Crippen LogP contribution in [0.2, 0.25) is 0 Å². The number of carbonyl (C=O) groups is 2. The van der Waals surface area contributed by atoms with Crippen molar-refractivity contribution in [3.8, 4) is 11.5 Å². The largest absolute Gasteiger partial charge is 0.507 e. The van der Waals surface area contributed by atoms with Gasteiger partial charge in [-0.05, 0) is 24.3 Å². The first-order chi connectivity index (χ1) is 10.0. The number of nitrogens with zero attached hydrogens (tertiary/aromatic N) is 1. The van der Waals surface area contributed by atoms with Crippen LogP contribution in [0, 0.1) is 0 Å². The second-order valence-electron chi connectivity index (χ2n) is 4.34. The first kappa shape index (κ1) is 14.4. The monoisotopic (exact) mass is 286 g/mol. The standard InChI is InChI=1S/C15H14N2O4/c1-17(15(21)11-7-3-5-9-13(11)19)16-14(20)10-6-2-4-8-12(10)18/h2-9,18-19H,1H3,(H,16,20). The van der Waals surface area contributed by atoms with E-state index < -0.39 is 11.8 Å². The molecule has 0 atom stereocenters. The van der Waals surface area contributed by atoms with Gasteiger partial charge in [0.2, 0.25) is 0 Å². The molecule has 2 rings (SSSR count). The van der Waals surface area contributed by atoms with Crippen molar-refractivity contribution in [3.05, 3.63) is 59.7 Å². The van der Waals surface area contributed by atoms with E-state index in [0.29, 0.717) is 0 Å². The molecule has 2 aromatic carbocycles. The van der Waals surface area contributed by atoms with Crippen molar-refractivity contribution in [1.29, 1.82) is 0 Å². The lowest BCUT2D eigenvalue weighted by Crippen LogP contribution is -2.43. The van der Waals surface area contributed by atoms with Gasteiger partial charge in [0, 0.05) is 7.05 Å². The Morgan fingerprint density at radius 2 is 1.38 bits per heavy atom. The fraction of sp³-hybridized carbons (Fsp3) is 0.0667. The van der Waals surface area contributed by atoms with E-state index >= 15 is 0 Å². The van der Waals surface area contributed by atoms with Crippen molar-refractivity contribution in [2.45, 2.75) is 0 Å². The zero-order valence-corrected chi connectivity index (χ0v) is 11.3. The first-order valence-corrected chi connectivity index (χ1v) is 6.15. The molecule has 0 heterocycles. The molecule has 0 spiro atoms. The van der Waals surface area contributed by atoms with Crippen LogP contribution < -0.4 is 5.43 Å². The van der Waals surface area contributed by atoms with Gasteiger partial charge in [0.15, 0.2) is 0 Å². The van der Waals surface area contributed by atoms with E-state index in [-0.39, 0.29) is 22.6 Å². The van der Waals surface area contributed by atoms with Crippen LogP contribution in [0.15, 0.2) is 48.5 Å². The Hall–Kier alpha value is -3.02. The Labute approximate surface area is 121 Å². The van der Waals surface area contributed by atoms with Crippen molar-refractivity contribution in [1.82, 2.24) is 10.4 Å². The third-order valence-corrected chi connectivity index (χ3v) is 2.86. The molecule has 0 radical (unpaired) electrons. The molecule has 0 bridgehead atoms. The number of hydrogen-bond donors (Lipinski definition) is 3. The highest BCUT2D eigenvalue weighted by Gasteiger charge is 2.19. The highest BCUT2D eigenvalue weighted by molar-refractivity contribution is 6.01. The number of rotatable bonds is 2. The summed E-state index contributed by atoms with van der Waals surface area (Å²) in [6.45, 7) is 0. The van der Waals surface area contributed by atoms with Gasteiger partial charge in [-0.15, -0.1) is 0 Å². The van der Waals surface area contributed by atoms with Gasteiger partial charge in [-0.1, -0.05) is 24.3 Å². The zero-order chi connectivity index (χ0) is 15.4. The van der Waals surface area contributed by atoms with E-state index in [1.54, 1.807) is 24.3 Å². The number of amides is 2. The Bertz CT molecular complexity index is 685. The molecular formula is C15H14N2O4. The maximum absolute atomic E-state index is 12.1. The second-order valence-corrected chi connectivity index (χ2v) is 4.34. The van der Waals surface area contributed by atoms with Crippen LogP contribution in [-0.2, 0) is 0 Å². The summed E-state index contributed by atoms with van der Waals surface area (Å²) >= 11 is 0. The molecule has 0 aliphatic carbocycles. The van der Waals surface area contributed by atoms with Crippen LogP contribution in [0.5, 0.6) is 11.5 Å². The summed E-state index contributed by atoms with van der Waals surface area (Å²) in [6.07, 6.45) is 0. The maximum Gasteiger partial charge on any atom is 0.275 e. The molecule has 21 heavy (non-hydrogen) atoms. The predicted molar refractivity (Wildman–Crippen MR) is 75.8 cm³/mol. The topological polar surface area (TPSA) is 89.9 Å². The van der Waals surface area contributed by atoms with Gasteiger partial charge in [-0.2, -0.15) is 0 Å². The second kappa shape index (κ2) is 5.96. The number of carbonyl (C=O) groups excluding carboxylic acids is 2. The third kappa shape index (κ3) is 3.11. The van der Waals surface area contributed by atoms with Crippen molar-refractivity contribution >= 4 is 11.8 Å². The van der Waals surface area contributed by atoms with E-state index in [4.69, 9.17) is 0 Å². The van der Waals surface area contributed by atoms with Crippen LogP contribution in [-0.4, -0.2) is 34.1 Å². The molecule has 0 saturated carbocycles. The molecule has 0 saturated heterocycles. The van der Waals surface area contributed by atoms with Gasteiger partial charge in [0.25, 0.3) is 11.8 Å². The number of nitrogens with one attached hydrogen (secondary N) is 1. The Morgan fingerprint density at radius 3 is 1.90 bits per heavy atom. The molecule has 108 valence electrons. The molecule has 6 heteroatoms. The van der Waals surface area contributed by atoms with E-state index in [1.165, 1.54) is 31.3 Å². The third-order valence-electron chi connectivity index (χ3n) is 2.86. The van der Waals surface area contributed by atoms with Crippen LogP contribution >= 0.6 is 0 Å². The quantitative estimate of drug-likeness (QED) is 0.730. The predicted octanol–water partition coefficient (Wildman–Crippen LogP) is 1.51. The maximum atomic E-state index is 12.1. The number of phenolic OH excluding ortho intramolecular Hbond substituents is 2. The van der Waals surface area contributed by atoms with Gasteiger partial charge in [-0.25, -0.2) is 0 Å². The molecule has 0 fully saturated rings. The molecule has 0 unspecified atom stereocenters. The Balaban J connectivity index is 2.13. The molecule has 0 aliphatic heterocycles. The zero-order valence-electron chi connectivity index (χ0n) is 11.3. The van der Waals surface area contributed by atoms with Crippen molar-refractivity contribution in [2.24, 2.45) is 0 Å². The fourth-order valence-electron chi connectivity index (χ4n) is 1.76. The Kier molecular flexibility index (Phi) is 4.08. The lowest BCUT2D eigenvalue weighted by molar-refractivity contribution is 0.0632. The van der Waals surface area contributed by atoms with Gasteiger partial charge in [0.05, 0.1) is 11.1 Å². The SMILES string of the molecule is CN(NC(=O)c1ccccc1O)C(=O)c1ccccc1O. The summed E-state index contributed by atoms with van der Waals surface area (Å²) in [5, 5.41) is 20.2. The summed E-state index contributed by atoms with van der Waals surface area (Å²) in [7, 11) is 1.35. The normalized spacial score (nSPS) is 9.95. The lowest BCUT2D eigenvalue weighted by atomic mass is 10.2. The molecular weight excluding hydrogens is 272 g/mol. The minimum atomic E-state index is -0.626. The van der Waals surface area contributed by atoms with Crippen molar-refractivity contribution < 1.29 is 19.8 Å². The molecule has 2 amide bonds. The number of phenols is 2.